The number of nitrogens with zero attached hydrogens (tertiary/aromatic N) is 2. The van der Waals surface area contributed by atoms with E-state index in [4.69, 9.17) is 0 Å². The van der Waals surface area contributed by atoms with Gasteiger partial charge in [0.25, 0.3) is 0 Å². The molecule has 138 valence electrons. The fourth-order valence-corrected chi connectivity index (χ4v) is 2.91. The maximum atomic E-state index is 12.4. The quantitative estimate of drug-likeness (QED) is 0.701. The van der Waals surface area contributed by atoms with Crippen molar-refractivity contribution in [3.8, 4) is 0 Å². The first kappa shape index (κ1) is 19.4. The zero-order valence-corrected chi connectivity index (χ0v) is 15.3. The highest BCUT2D eigenvalue weighted by molar-refractivity contribution is 5.94. The van der Waals surface area contributed by atoms with Gasteiger partial charge in [-0.1, -0.05) is 31.5 Å². The molecule has 0 spiro atoms. The lowest BCUT2D eigenvalue weighted by molar-refractivity contribution is -0.124. The molecule has 0 aliphatic carbocycles. The van der Waals surface area contributed by atoms with E-state index in [0.717, 1.165) is 51.3 Å². The smallest absolute Gasteiger partial charge is 0.241 e. The first-order valence-corrected chi connectivity index (χ1v) is 9.19. The molecule has 6 nitrogen and oxygen atoms in total. The molecule has 1 heterocycles. The van der Waals surface area contributed by atoms with Crippen LogP contribution in [-0.4, -0.2) is 66.9 Å². The van der Waals surface area contributed by atoms with Gasteiger partial charge in [0.2, 0.25) is 11.8 Å². The van der Waals surface area contributed by atoms with Crippen LogP contribution in [0.1, 0.15) is 26.7 Å². The van der Waals surface area contributed by atoms with Crippen LogP contribution in [0.3, 0.4) is 0 Å². The van der Waals surface area contributed by atoms with Crippen molar-refractivity contribution in [2.45, 2.75) is 32.7 Å². The Bertz CT molecular complexity index is 542. The molecule has 25 heavy (non-hydrogen) atoms. The van der Waals surface area contributed by atoms with E-state index in [2.05, 4.69) is 27.4 Å². The molecule has 1 aromatic carbocycles. The molecule has 2 N–H and O–H groups in total. The maximum Gasteiger partial charge on any atom is 0.241 e. The number of rotatable bonds is 8. The molecule has 1 aromatic rings. The van der Waals surface area contributed by atoms with E-state index in [1.165, 1.54) is 0 Å². The van der Waals surface area contributed by atoms with Crippen LogP contribution in [0.2, 0.25) is 0 Å². The number of para-hydroxylation sites is 1. The number of carbonyl (C=O) groups is 2. The summed E-state index contributed by atoms with van der Waals surface area (Å²) >= 11 is 0. The number of unbranched alkanes of at least 4 members (excludes halogenated alkanes) is 1. The zero-order valence-electron chi connectivity index (χ0n) is 15.3. The lowest BCUT2D eigenvalue weighted by atomic mass is 10.2. The van der Waals surface area contributed by atoms with E-state index in [1.54, 1.807) is 0 Å². The number of anilines is 1. The number of hydrogen-bond donors (Lipinski definition) is 2. The molecule has 2 rings (SSSR count). The van der Waals surface area contributed by atoms with Gasteiger partial charge < -0.3 is 10.6 Å². The monoisotopic (exact) mass is 346 g/mol. The summed E-state index contributed by atoms with van der Waals surface area (Å²) in [4.78, 5) is 28.6. The fourth-order valence-electron chi connectivity index (χ4n) is 2.91. The van der Waals surface area contributed by atoms with Gasteiger partial charge in [0.15, 0.2) is 0 Å². The van der Waals surface area contributed by atoms with Crippen LogP contribution in [0.15, 0.2) is 30.3 Å². The summed E-state index contributed by atoms with van der Waals surface area (Å²) in [6, 6.07) is 9.34. The van der Waals surface area contributed by atoms with Crippen LogP contribution in [-0.2, 0) is 9.59 Å². The van der Waals surface area contributed by atoms with Gasteiger partial charge >= 0.3 is 0 Å². The Morgan fingerprint density at radius 3 is 2.44 bits per heavy atom. The Labute approximate surface area is 150 Å². The highest BCUT2D eigenvalue weighted by Crippen LogP contribution is 2.10. The predicted molar refractivity (Wildman–Crippen MR) is 100 cm³/mol. The highest BCUT2D eigenvalue weighted by Gasteiger charge is 2.26. The van der Waals surface area contributed by atoms with E-state index in [9.17, 15) is 9.59 Å². The summed E-state index contributed by atoms with van der Waals surface area (Å²) in [6.07, 6.45) is 2.11. The Morgan fingerprint density at radius 1 is 1.12 bits per heavy atom. The van der Waals surface area contributed by atoms with Crippen LogP contribution in [0, 0.1) is 0 Å². The molecule has 6 heteroatoms. The first-order chi connectivity index (χ1) is 12.1. The molecule has 1 aliphatic heterocycles. The average molecular weight is 346 g/mol. The molecule has 0 radical (unpaired) electrons. The predicted octanol–water partition coefficient (Wildman–Crippen LogP) is 1.55. The summed E-state index contributed by atoms with van der Waals surface area (Å²) in [7, 11) is 0. The topological polar surface area (TPSA) is 64.7 Å². The van der Waals surface area contributed by atoms with Crippen molar-refractivity contribution in [2.75, 3.05) is 44.6 Å². The second kappa shape index (κ2) is 10.2. The van der Waals surface area contributed by atoms with Crippen molar-refractivity contribution in [3.05, 3.63) is 30.3 Å². The Morgan fingerprint density at radius 2 is 1.80 bits per heavy atom. The molecule has 1 aliphatic rings. The van der Waals surface area contributed by atoms with Crippen molar-refractivity contribution < 1.29 is 9.59 Å². The summed E-state index contributed by atoms with van der Waals surface area (Å²) < 4.78 is 0. The van der Waals surface area contributed by atoms with E-state index in [-0.39, 0.29) is 17.9 Å². The second-order valence-corrected chi connectivity index (χ2v) is 6.55. The van der Waals surface area contributed by atoms with Crippen LogP contribution in [0.5, 0.6) is 0 Å². The van der Waals surface area contributed by atoms with Crippen LogP contribution < -0.4 is 10.6 Å². The second-order valence-electron chi connectivity index (χ2n) is 6.55. The zero-order chi connectivity index (χ0) is 18.1. The van der Waals surface area contributed by atoms with Crippen molar-refractivity contribution in [2.24, 2.45) is 0 Å². The highest BCUT2D eigenvalue weighted by atomic mass is 16.2. The minimum atomic E-state index is -0.180. The Balaban J connectivity index is 1.71. The number of hydrogen-bond acceptors (Lipinski definition) is 4. The summed E-state index contributed by atoms with van der Waals surface area (Å²) in [5.41, 5.74) is 0.821. The Kier molecular flexibility index (Phi) is 7.88. The van der Waals surface area contributed by atoms with Gasteiger partial charge in [-0.25, -0.2) is 0 Å². The van der Waals surface area contributed by atoms with Gasteiger partial charge in [0, 0.05) is 38.4 Å². The van der Waals surface area contributed by atoms with Crippen LogP contribution in [0.4, 0.5) is 5.69 Å². The Hall–Kier alpha value is -1.92. The summed E-state index contributed by atoms with van der Waals surface area (Å²) in [6.45, 7) is 8.46. The normalized spacial score (nSPS) is 17.0. The largest absolute Gasteiger partial charge is 0.355 e. The molecule has 0 aromatic heterocycles. The molecule has 1 saturated heterocycles. The summed E-state index contributed by atoms with van der Waals surface area (Å²) in [5, 5.41) is 5.90. The number of carbonyl (C=O) groups excluding carboxylic acids is 2. The lowest BCUT2D eigenvalue weighted by Crippen LogP contribution is -2.54. The molecule has 0 unspecified atom stereocenters. The minimum Gasteiger partial charge on any atom is -0.355 e. The van der Waals surface area contributed by atoms with E-state index < -0.39 is 0 Å². The number of amides is 2. The number of piperazine rings is 1. The van der Waals surface area contributed by atoms with Gasteiger partial charge in [0.1, 0.15) is 0 Å². The van der Waals surface area contributed by atoms with Gasteiger partial charge in [-0.3, -0.25) is 19.4 Å². The molecule has 0 bridgehead atoms. The van der Waals surface area contributed by atoms with E-state index in [0.29, 0.717) is 6.54 Å². The van der Waals surface area contributed by atoms with Crippen LogP contribution >= 0.6 is 0 Å². The fraction of sp³-hybridized carbons (Fsp3) is 0.579. The van der Waals surface area contributed by atoms with Crippen molar-refractivity contribution in [1.82, 2.24) is 15.1 Å². The third kappa shape index (κ3) is 6.48. The van der Waals surface area contributed by atoms with Gasteiger partial charge in [0.05, 0.1) is 12.6 Å². The molecule has 2 amide bonds. The third-order valence-electron chi connectivity index (χ3n) is 4.60. The van der Waals surface area contributed by atoms with Crippen molar-refractivity contribution in [3.63, 3.8) is 0 Å². The standard InChI is InChI=1S/C19H30N4O2/c1-3-4-10-20-18(24)15-22-11-13-23(14-12-22)16(2)19(25)21-17-8-6-5-7-9-17/h5-9,16H,3-4,10-15H2,1-2H3,(H,20,24)(H,21,25)/t16-/m0/s1. The van der Waals surface area contributed by atoms with E-state index >= 15 is 0 Å². The third-order valence-corrected chi connectivity index (χ3v) is 4.60. The van der Waals surface area contributed by atoms with Crippen LogP contribution in [0.25, 0.3) is 0 Å². The van der Waals surface area contributed by atoms with E-state index in [1.807, 2.05) is 37.3 Å². The van der Waals surface area contributed by atoms with Gasteiger partial charge in [-0.2, -0.15) is 0 Å². The molecule has 1 atom stereocenters. The van der Waals surface area contributed by atoms with Gasteiger partial charge in [-0.05, 0) is 25.5 Å². The molecule has 1 fully saturated rings. The first-order valence-electron chi connectivity index (χ1n) is 9.19. The van der Waals surface area contributed by atoms with Crippen molar-refractivity contribution in [1.29, 1.82) is 0 Å². The maximum absolute atomic E-state index is 12.4. The van der Waals surface area contributed by atoms with Gasteiger partial charge in [-0.15, -0.1) is 0 Å². The number of benzene rings is 1. The molecule has 0 saturated carbocycles. The molecular weight excluding hydrogens is 316 g/mol. The average Bonchev–Trinajstić information content (AvgIpc) is 2.63. The van der Waals surface area contributed by atoms with Crippen molar-refractivity contribution >= 4 is 17.5 Å². The minimum absolute atomic E-state index is 0.0111. The number of nitrogens with one attached hydrogen (secondary N) is 2. The summed E-state index contributed by atoms with van der Waals surface area (Å²) in [5.74, 6) is 0.105. The lowest BCUT2D eigenvalue weighted by Gasteiger charge is -2.37. The molecular formula is C19H30N4O2. The SMILES string of the molecule is CCCCNC(=O)CN1CCN([C@@H](C)C(=O)Nc2ccccc2)CC1.